The van der Waals surface area contributed by atoms with Crippen LogP contribution in [0.3, 0.4) is 0 Å². The Bertz CT molecular complexity index is 422. The second kappa shape index (κ2) is 7.02. The maximum atomic E-state index is 5.57. The fraction of sp³-hybridized carbons (Fsp3) is 0.375. The minimum absolute atomic E-state index is 0.460. The molecule has 0 amide bonds. The molecule has 0 unspecified atom stereocenters. The lowest BCUT2D eigenvalue weighted by Gasteiger charge is -2.15. The van der Waals surface area contributed by atoms with Gasteiger partial charge in [-0.2, -0.15) is 0 Å². The van der Waals surface area contributed by atoms with Crippen molar-refractivity contribution in [2.75, 3.05) is 13.1 Å². The molecule has 0 radical (unpaired) electrons. The first-order chi connectivity index (χ1) is 8.90. The van der Waals surface area contributed by atoms with E-state index in [1.807, 2.05) is 6.07 Å². The lowest BCUT2D eigenvalue weighted by Crippen LogP contribution is -2.17. The summed E-state index contributed by atoms with van der Waals surface area (Å²) >= 11 is 0. The Balaban J connectivity index is 2.01. The second-order valence-electron chi connectivity index (χ2n) is 4.54. The van der Waals surface area contributed by atoms with Crippen LogP contribution in [-0.2, 0) is 6.42 Å². The van der Waals surface area contributed by atoms with E-state index in [9.17, 15) is 0 Å². The number of furan rings is 1. The van der Waals surface area contributed by atoms with Crippen molar-refractivity contribution in [2.45, 2.75) is 25.7 Å². The highest BCUT2D eigenvalue weighted by atomic mass is 16.3. The normalized spacial score (nSPS) is 12.5. The second-order valence-corrected chi connectivity index (χ2v) is 4.54. The first-order valence-corrected chi connectivity index (χ1v) is 6.68. The third-order valence-corrected chi connectivity index (χ3v) is 3.19. The number of rotatable bonds is 7. The molecule has 0 saturated carbocycles. The fourth-order valence-electron chi connectivity index (χ4n) is 2.22. The van der Waals surface area contributed by atoms with Gasteiger partial charge in [-0.15, -0.1) is 0 Å². The largest absolute Gasteiger partial charge is 0.469 e. The first kappa shape index (κ1) is 12.9. The quantitative estimate of drug-likeness (QED) is 0.752. The first-order valence-electron chi connectivity index (χ1n) is 6.68. The smallest absolute Gasteiger partial charge is 0.107 e. The van der Waals surface area contributed by atoms with Crippen LogP contribution in [0.4, 0.5) is 0 Å². The molecule has 0 saturated heterocycles. The van der Waals surface area contributed by atoms with E-state index in [1.54, 1.807) is 6.26 Å². The zero-order valence-electron chi connectivity index (χ0n) is 10.9. The van der Waals surface area contributed by atoms with Crippen LogP contribution in [0.25, 0.3) is 0 Å². The van der Waals surface area contributed by atoms with E-state index < -0.39 is 0 Å². The van der Waals surface area contributed by atoms with Crippen LogP contribution in [0.2, 0.25) is 0 Å². The Labute approximate surface area is 109 Å². The van der Waals surface area contributed by atoms with Gasteiger partial charge in [0.05, 0.1) is 6.26 Å². The molecular formula is C16H21NO. The summed E-state index contributed by atoms with van der Waals surface area (Å²) in [6, 6.07) is 14.7. The Hall–Kier alpha value is -1.54. The Kier molecular flexibility index (Phi) is 5.03. The Morgan fingerprint density at radius 2 is 1.94 bits per heavy atom. The summed E-state index contributed by atoms with van der Waals surface area (Å²) in [6.07, 6.45) is 3.91. The van der Waals surface area contributed by atoms with Crippen molar-refractivity contribution >= 4 is 0 Å². The van der Waals surface area contributed by atoms with Gasteiger partial charge in [0.15, 0.2) is 0 Å². The van der Waals surface area contributed by atoms with E-state index in [0.717, 1.165) is 31.7 Å². The number of nitrogens with one attached hydrogen (secondary N) is 1. The van der Waals surface area contributed by atoms with Crippen molar-refractivity contribution in [1.82, 2.24) is 5.32 Å². The van der Waals surface area contributed by atoms with Crippen molar-refractivity contribution < 1.29 is 4.42 Å². The predicted molar refractivity (Wildman–Crippen MR) is 74.8 cm³/mol. The average Bonchev–Trinajstić information content (AvgIpc) is 2.93. The minimum Gasteiger partial charge on any atom is -0.469 e. The maximum Gasteiger partial charge on any atom is 0.107 e. The van der Waals surface area contributed by atoms with Crippen LogP contribution in [0.1, 0.15) is 30.6 Å². The molecule has 18 heavy (non-hydrogen) atoms. The van der Waals surface area contributed by atoms with Gasteiger partial charge in [0, 0.05) is 5.92 Å². The summed E-state index contributed by atoms with van der Waals surface area (Å²) in [7, 11) is 0. The maximum absolute atomic E-state index is 5.57. The zero-order valence-corrected chi connectivity index (χ0v) is 10.9. The molecule has 0 fully saturated rings. The van der Waals surface area contributed by atoms with E-state index >= 15 is 0 Å². The molecule has 0 bridgehead atoms. The highest BCUT2D eigenvalue weighted by Crippen LogP contribution is 2.24. The van der Waals surface area contributed by atoms with E-state index in [4.69, 9.17) is 4.42 Å². The summed E-state index contributed by atoms with van der Waals surface area (Å²) in [4.78, 5) is 0. The zero-order chi connectivity index (χ0) is 12.6. The van der Waals surface area contributed by atoms with Crippen LogP contribution in [0, 0.1) is 0 Å². The van der Waals surface area contributed by atoms with Gasteiger partial charge in [0.1, 0.15) is 5.76 Å². The number of hydrogen-bond donors (Lipinski definition) is 1. The third kappa shape index (κ3) is 3.74. The molecule has 2 aromatic rings. The summed E-state index contributed by atoms with van der Waals surface area (Å²) in [6.45, 7) is 4.20. The van der Waals surface area contributed by atoms with Gasteiger partial charge >= 0.3 is 0 Å². The standard InChI is InChI=1S/C16H21NO/c1-2-17-11-10-15(16-9-6-12-18-16)13-14-7-4-3-5-8-14/h3-9,12,15,17H,2,10-11,13H2,1H3/t15-/m0/s1. The number of hydrogen-bond acceptors (Lipinski definition) is 2. The van der Waals surface area contributed by atoms with Gasteiger partial charge in [0.2, 0.25) is 0 Å². The van der Waals surface area contributed by atoms with Crippen molar-refractivity contribution in [3.8, 4) is 0 Å². The fourth-order valence-corrected chi connectivity index (χ4v) is 2.22. The lowest BCUT2D eigenvalue weighted by molar-refractivity contribution is 0.437. The molecule has 96 valence electrons. The van der Waals surface area contributed by atoms with Crippen LogP contribution in [-0.4, -0.2) is 13.1 Å². The minimum atomic E-state index is 0.460. The van der Waals surface area contributed by atoms with E-state index in [2.05, 4.69) is 48.6 Å². The van der Waals surface area contributed by atoms with Gasteiger partial charge in [-0.05, 0) is 43.6 Å². The average molecular weight is 243 g/mol. The summed E-state index contributed by atoms with van der Waals surface area (Å²) in [5, 5.41) is 3.38. The SMILES string of the molecule is CCNCC[C@@H](Cc1ccccc1)c1ccco1. The van der Waals surface area contributed by atoms with Crippen LogP contribution < -0.4 is 5.32 Å². The third-order valence-electron chi connectivity index (χ3n) is 3.19. The van der Waals surface area contributed by atoms with E-state index in [1.165, 1.54) is 5.56 Å². The van der Waals surface area contributed by atoms with Crippen LogP contribution >= 0.6 is 0 Å². The van der Waals surface area contributed by atoms with Crippen molar-refractivity contribution in [3.63, 3.8) is 0 Å². The molecule has 2 heteroatoms. The molecular weight excluding hydrogens is 222 g/mol. The van der Waals surface area contributed by atoms with E-state index in [0.29, 0.717) is 5.92 Å². The van der Waals surface area contributed by atoms with E-state index in [-0.39, 0.29) is 0 Å². The topological polar surface area (TPSA) is 25.2 Å². The van der Waals surface area contributed by atoms with Crippen molar-refractivity contribution in [3.05, 3.63) is 60.1 Å². The molecule has 2 rings (SSSR count). The molecule has 0 spiro atoms. The summed E-state index contributed by atoms with van der Waals surface area (Å²) in [5.41, 5.74) is 1.37. The number of benzene rings is 1. The Morgan fingerprint density at radius 3 is 2.61 bits per heavy atom. The molecule has 0 aliphatic carbocycles. The monoisotopic (exact) mass is 243 g/mol. The molecule has 1 atom stereocenters. The van der Waals surface area contributed by atoms with Crippen molar-refractivity contribution in [1.29, 1.82) is 0 Å². The summed E-state index contributed by atoms with van der Waals surface area (Å²) in [5.74, 6) is 1.55. The molecule has 1 aromatic heterocycles. The Morgan fingerprint density at radius 1 is 1.11 bits per heavy atom. The molecule has 1 N–H and O–H groups in total. The molecule has 0 aliphatic heterocycles. The molecule has 2 nitrogen and oxygen atoms in total. The summed E-state index contributed by atoms with van der Waals surface area (Å²) < 4.78 is 5.57. The molecule has 1 heterocycles. The highest BCUT2D eigenvalue weighted by molar-refractivity contribution is 5.18. The van der Waals surface area contributed by atoms with Crippen molar-refractivity contribution in [2.24, 2.45) is 0 Å². The predicted octanol–water partition coefficient (Wildman–Crippen LogP) is 3.61. The molecule has 0 aliphatic rings. The van der Waals surface area contributed by atoms with Gasteiger partial charge in [-0.3, -0.25) is 0 Å². The highest BCUT2D eigenvalue weighted by Gasteiger charge is 2.14. The molecule has 1 aromatic carbocycles. The lowest BCUT2D eigenvalue weighted by atomic mass is 9.94. The van der Waals surface area contributed by atoms with Gasteiger partial charge in [0.25, 0.3) is 0 Å². The van der Waals surface area contributed by atoms with Gasteiger partial charge < -0.3 is 9.73 Å². The van der Waals surface area contributed by atoms with Gasteiger partial charge in [-0.25, -0.2) is 0 Å². The van der Waals surface area contributed by atoms with Crippen LogP contribution in [0.5, 0.6) is 0 Å². The van der Waals surface area contributed by atoms with Gasteiger partial charge in [-0.1, -0.05) is 37.3 Å². The van der Waals surface area contributed by atoms with Crippen LogP contribution in [0.15, 0.2) is 53.1 Å².